The van der Waals surface area contributed by atoms with Crippen LogP contribution in [0.4, 0.5) is 17.1 Å². The van der Waals surface area contributed by atoms with Gasteiger partial charge in [0.15, 0.2) is 0 Å². The van der Waals surface area contributed by atoms with E-state index in [0.717, 1.165) is 24.3 Å². The largest absolute Gasteiger partial charge is 0.378 e. The Morgan fingerprint density at radius 1 is 0.618 bits per heavy atom. The lowest BCUT2D eigenvalue weighted by Crippen LogP contribution is -2.47. The van der Waals surface area contributed by atoms with Crippen LogP contribution in [0.1, 0.15) is 5.56 Å². The Kier molecular flexibility index (Phi) is 5.80. The number of hydrogen-bond acceptors (Lipinski definition) is 5. The number of benzene rings is 3. The molecule has 172 valence electrons. The quantitative estimate of drug-likeness (QED) is 0.550. The molecule has 3 aromatic rings. The van der Waals surface area contributed by atoms with E-state index in [9.17, 15) is 9.59 Å². The average Bonchev–Trinajstić information content (AvgIpc) is 3.15. The van der Waals surface area contributed by atoms with E-state index in [1.54, 1.807) is 0 Å². The van der Waals surface area contributed by atoms with Gasteiger partial charge in [-0.2, -0.15) is 0 Å². The normalized spacial score (nSPS) is 16.5. The third-order valence-corrected chi connectivity index (χ3v) is 6.46. The highest BCUT2D eigenvalue weighted by Crippen LogP contribution is 2.36. The number of amides is 2. The fourth-order valence-electron chi connectivity index (χ4n) is 4.64. The summed E-state index contributed by atoms with van der Waals surface area (Å²) >= 11 is 0. The topological polar surface area (TPSA) is 47.1 Å². The van der Waals surface area contributed by atoms with Crippen molar-refractivity contribution in [2.45, 2.75) is 0 Å². The van der Waals surface area contributed by atoms with Crippen molar-refractivity contribution < 1.29 is 9.59 Å². The summed E-state index contributed by atoms with van der Waals surface area (Å²) in [7, 11) is 3.92. The summed E-state index contributed by atoms with van der Waals surface area (Å²) in [6.45, 7) is 2.92. The molecule has 0 N–H and O–H groups in total. The van der Waals surface area contributed by atoms with E-state index >= 15 is 0 Å². The van der Waals surface area contributed by atoms with Crippen LogP contribution < -0.4 is 14.7 Å². The maximum atomic E-state index is 13.8. The van der Waals surface area contributed by atoms with Crippen molar-refractivity contribution in [3.8, 4) is 0 Å². The molecule has 0 aromatic heterocycles. The standard InChI is InChI=1S/C28H28N4O2/c1-29(2)22-13-15-24(16-14-22)32-27(33)25(21-9-5-3-6-10-21)26(28(32)34)31-19-17-30(18-20-31)23-11-7-4-8-12-23/h3-16H,17-20H2,1-2H3. The van der Waals surface area contributed by atoms with Gasteiger partial charge in [0, 0.05) is 51.6 Å². The van der Waals surface area contributed by atoms with Crippen LogP contribution in [-0.2, 0) is 9.59 Å². The van der Waals surface area contributed by atoms with Gasteiger partial charge in [-0.05, 0) is 42.0 Å². The van der Waals surface area contributed by atoms with E-state index in [1.807, 2.05) is 91.8 Å². The predicted octanol–water partition coefficient (Wildman–Crippen LogP) is 3.86. The number of piperazine rings is 1. The van der Waals surface area contributed by atoms with Gasteiger partial charge in [-0.15, -0.1) is 0 Å². The Morgan fingerprint density at radius 2 is 1.18 bits per heavy atom. The second-order valence-electron chi connectivity index (χ2n) is 8.76. The van der Waals surface area contributed by atoms with Crippen LogP contribution in [0.5, 0.6) is 0 Å². The van der Waals surface area contributed by atoms with E-state index in [0.29, 0.717) is 30.0 Å². The molecular weight excluding hydrogens is 424 g/mol. The lowest BCUT2D eigenvalue weighted by molar-refractivity contribution is -0.120. The minimum absolute atomic E-state index is 0.255. The smallest absolute Gasteiger partial charge is 0.282 e. The van der Waals surface area contributed by atoms with E-state index in [1.165, 1.54) is 10.6 Å². The van der Waals surface area contributed by atoms with Crippen molar-refractivity contribution >= 4 is 34.4 Å². The number of rotatable bonds is 5. The fourth-order valence-corrected chi connectivity index (χ4v) is 4.64. The third-order valence-electron chi connectivity index (χ3n) is 6.46. The number of carbonyl (C=O) groups excluding carboxylic acids is 2. The molecule has 34 heavy (non-hydrogen) atoms. The van der Waals surface area contributed by atoms with E-state index in [4.69, 9.17) is 0 Å². The molecule has 0 spiro atoms. The predicted molar refractivity (Wildman–Crippen MR) is 137 cm³/mol. The number of anilines is 3. The van der Waals surface area contributed by atoms with E-state index in [-0.39, 0.29) is 11.8 Å². The average molecular weight is 453 g/mol. The zero-order valence-electron chi connectivity index (χ0n) is 19.5. The molecule has 2 aliphatic heterocycles. The first-order valence-corrected chi connectivity index (χ1v) is 11.6. The number of imide groups is 1. The Morgan fingerprint density at radius 3 is 1.76 bits per heavy atom. The van der Waals surface area contributed by atoms with Gasteiger partial charge in [-0.1, -0.05) is 48.5 Å². The Hall–Kier alpha value is -4.06. The van der Waals surface area contributed by atoms with Gasteiger partial charge in [-0.25, -0.2) is 4.90 Å². The molecule has 0 aliphatic carbocycles. The van der Waals surface area contributed by atoms with Gasteiger partial charge >= 0.3 is 0 Å². The summed E-state index contributed by atoms with van der Waals surface area (Å²) in [6, 6.07) is 27.4. The molecule has 1 saturated heterocycles. The lowest BCUT2D eigenvalue weighted by Gasteiger charge is -2.37. The monoisotopic (exact) mass is 452 g/mol. The SMILES string of the molecule is CN(C)c1ccc(N2C(=O)C(c3ccccc3)=C(N3CCN(c4ccccc4)CC3)C2=O)cc1. The summed E-state index contributed by atoms with van der Waals surface area (Å²) in [4.78, 5) is 35.1. The minimum atomic E-state index is -0.269. The van der Waals surface area contributed by atoms with Crippen molar-refractivity contribution in [3.63, 3.8) is 0 Å². The van der Waals surface area contributed by atoms with Gasteiger partial charge < -0.3 is 14.7 Å². The summed E-state index contributed by atoms with van der Waals surface area (Å²) in [5, 5.41) is 0. The molecule has 2 aliphatic rings. The van der Waals surface area contributed by atoms with E-state index < -0.39 is 0 Å². The molecule has 0 unspecified atom stereocenters. The molecule has 0 atom stereocenters. The first kappa shape index (κ1) is 21.8. The van der Waals surface area contributed by atoms with Crippen LogP contribution in [0, 0.1) is 0 Å². The summed E-state index contributed by atoms with van der Waals surface area (Å²) < 4.78 is 0. The number of para-hydroxylation sites is 1. The van der Waals surface area contributed by atoms with Crippen LogP contribution in [0.2, 0.25) is 0 Å². The van der Waals surface area contributed by atoms with Crippen molar-refractivity contribution in [3.05, 3.63) is 96.2 Å². The second-order valence-corrected chi connectivity index (χ2v) is 8.76. The van der Waals surface area contributed by atoms with Gasteiger partial charge in [0.2, 0.25) is 0 Å². The highest BCUT2D eigenvalue weighted by molar-refractivity contribution is 6.45. The molecule has 2 heterocycles. The van der Waals surface area contributed by atoms with Crippen LogP contribution in [0.3, 0.4) is 0 Å². The molecule has 0 radical (unpaired) electrons. The molecule has 6 heteroatoms. The maximum Gasteiger partial charge on any atom is 0.282 e. The molecule has 1 fully saturated rings. The Bertz CT molecular complexity index is 1210. The van der Waals surface area contributed by atoms with Crippen molar-refractivity contribution in [2.24, 2.45) is 0 Å². The van der Waals surface area contributed by atoms with Gasteiger partial charge in [0.25, 0.3) is 11.8 Å². The van der Waals surface area contributed by atoms with Gasteiger partial charge in [0.05, 0.1) is 11.3 Å². The summed E-state index contributed by atoms with van der Waals surface area (Å²) in [5.41, 5.74) is 4.53. The van der Waals surface area contributed by atoms with Crippen molar-refractivity contribution in [1.82, 2.24) is 4.90 Å². The minimum Gasteiger partial charge on any atom is -0.378 e. The Labute approximate surface area is 200 Å². The molecule has 3 aromatic carbocycles. The number of carbonyl (C=O) groups is 2. The fraction of sp³-hybridized carbons (Fsp3) is 0.214. The lowest BCUT2D eigenvalue weighted by atomic mass is 10.0. The Balaban J connectivity index is 1.47. The highest BCUT2D eigenvalue weighted by atomic mass is 16.2. The molecule has 0 saturated carbocycles. The molecule has 5 rings (SSSR count). The van der Waals surface area contributed by atoms with Crippen LogP contribution >= 0.6 is 0 Å². The van der Waals surface area contributed by atoms with Crippen molar-refractivity contribution in [2.75, 3.05) is 55.0 Å². The maximum absolute atomic E-state index is 13.8. The number of hydrogen-bond donors (Lipinski definition) is 0. The first-order chi connectivity index (χ1) is 16.5. The first-order valence-electron chi connectivity index (χ1n) is 11.6. The number of nitrogens with zero attached hydrogens (tertiary/aromatic N) is 4. The zero-order chi connectivity index (χ0) is 23.7. The van der Waals surface area contributed by atoms with Gasteiger partial charge in [0.1, 0.15) is 5.70 Å². The van der Waals surface area contributed by atoms with Crippen LogP contribution in [0.25, 0.3) is 5.57 Å². The summed E-state index contributed by atoms with van der Waals surface area (Å²) in [6.07, 6.45) is 0. The van der Waals surface area contributed by atoms with E-state index in [2.05, 4.69) is 21.9 Å². The molecular formula is C28H28N4O2. The molecule has 6 nitrogen and oxygen atoms in total. The molecule has 2 amide bonds. The van der Waals surface area contributed by atoms with Crippen molar-refractivity contribution in [1.29, 1.82) is 0 Å². The second kappa shape index (κ2) is 9.06. The third kappa shape index (κ3) is 3.92. The zero-order valence-corrected chi connectivity index (χ0v) is 19.5. The van der Waals surface area contributed by atoms with Crippen LogP contribution in [0.15, 0.2) is 90.6 Å². The highest BCUT2D eigenvalue weighted by Gasteiger charge is 2.43. The molecule has 0 bridgehead atoms. The van der Waals surface area contributed by atoms with Gasteiger partial charge in [-0.3, -0.25) is 9.59 Å². The summed E-state index contributed by atoms with van der Waals surface area (Å²) in [5.74, 6) is -0.524. The van der Waals surface area contributed by atoms with Crippen LogP contribution in [-0.4, -0.2) is 57.0 Å².